The number of nitrogens with zero attached hydrogens (tertiary/aromatic N) is 1. The monoisotopic (exact) mass is 270 g/mol. The quantitative estimate of drug-likeness (QED) is 0.379. The summed E-state index contributed by atoms with van der Waals surface area (Å²) >= 11 is 6.07. The predicted octanol–water partition coefficient (Wildman–Crippen LogP) is 1.85. The number of halogens is 1. The van der Waals surface area contributed by atoms with Gasteiger partial charge in [0.15, 0.2) is 5.84 Å². The summed E-state index contributed by atoms with van der Waals surface area (Å²) < 4.78 is 10.9. The van der Waals surface area contributed by atoms with Gasteiger partial charge in [0.05, 0.1) is 18.2 Å². The van der Waals surface area contributed by atoms with E-state index < -0.39 is 0 Å². The fourth-order valence-corrected chi connectivity index (χ4v) is 1.99. The topological polar surface area (TPSA) is 77.1 Å². The molecule has 0 radical (unpaired) electrons. The van der Waals surface area contributed by atoms with Crippen molar-refractivity contribution in [1.29, 1.82) is 0 Å². The van der Waals surface area contributed by atoms with Gasteiger partial charge in [-0.15, -0.1) is 0 Å². The molecule has 1 aliphatic rings. The largest absolute Gasteiger partial charge is 0.492 e. The van der Waals surface area contributed by atoms with Crippen LogP contribution in [-0.2, 0) is 4.74 Å². The third-order valence-corrected chi connectivity index (χ3v) is 3.13. The summed E-state index contributed by atoms with van der Waals surface area (Å²) in [5.74, 6) is 1.04. The molecule has 1 aliphatic heterocycles. The molecule has 98 valence electrons. The first kappa shape index (κ1) is 13.0. The van der Waals surface area contributed by atoms with Gasteiger partial charge in [0.1, 0.15) is 5.75 Å². The van der Waals surface area contributed by atoms with E-state index in [-0.39, 0.29) is 5.84 Å². The highest BCUT2D eigenvalue weighted by atomic mass is 35.5. The van der Waals surface area contributed by atoms with E-state index in [0.29, 0.717) is 28.9 Å². The number of hydrogen-bond acceptors (Lipinski definition) is 4. The number of ether oxygens (including phenoxy) is 2. The molecule has 1 heterocycles. The van der Waals surface area contributed by atoms with E-state index in [1.807, 2.05) is 0 Å². The van der Waals surface area contributed by atoms with E-state index in [1.54, 1.807) is 18.2 Å². The van der Waals surface area contributed by atoms with Crippen molar-refractivity contribution < 1.29 is 14.7 Å². The molecule has 5 nitrogen and oxygen atoms in total. The lowest BCUT2D eigenvalue weighted by atomic mass is 10.1. The second-order valence-electron chi connectivity index (χ2n) is 4.17. The zero-order valence-electron chi connectivity index (χ0n) is 9.80. The minimum atomic E-state index is 0.0210. The summed E-state index contributed by atoms with van der Waals surface area (Å²) in [6.07, 6.45) is 1.01. The number of rotatable bonds is 4. The van der Waals surface area contributed by atoms with Gasteiger partial charge in [0.2, 0.25) is 0 Å². The van der Waals surface area contributed by atoms with Crippen molar-refractivity contribution in [2.75, 3.05) is 19.8 Å². The first-order valence-corrected chi connectivity index (χ1v) is 6.06. The maximum atomic E-state index is 8.57. The van der Waals surface area contributed by atoms with Crippen molar-refractivity contribution in [2.24, 2.45) is 16.8 Å². The maximum absolute atomic E-state index is 8.57. The Morgan fingerprint density at radius 1 is 1.61 bits per heavy atom. The zero-order chi connectivity index (χ0) is 13.0. The van der Waals surface area contributed by atoms with E-state index in [1.165, 1.54) is 0 Å². The molecule has 1 aromatic carbocycles. The maximum Gasteiger partial charge on any atom is 0.170 e. The molecule has 0 saturated carbocycles. The molecular weight excluding hydrogens is 256 g/mol. The van der Waals surface area contributed by atoms with Gasteiger partial charge in [-0.05, 0) is 24.6 Å². The number of amidine groups is 1. The molecule has 0 aliphatic carbocycles. The number of nitrogens with two attached hydrogens (primary N) is 1. The van der Waals surface area contributed by atoms with Gasteiger partial charge in [-0.1, -0.05) is 16.8 Å². The van der Waals surface area contributed by atoms with Crippen LogP contribution in [0.5, 0.6) is 5.75 Å². The van der Waals surface area contributed by atoms with Crippen molar-refractivity contribution >= 4 is 17.4 Å². The van der Waals surface area contributed by atoms with E-state index in [2.05, 4.69) is 5.16 Å². The molecule has 1 fully saturated rings. The van der Waals surface area contributed by atoms with Crippen molar-refractivity contribution in [3.63, 3.8) is 0 Å². The first-order valence-electron chi connectivity index (χ1n) is 5.68. The molecule has 1 aromatic rings. The van der Waals surface area contributed by atoms with Gasteiger partial charge in [0, 0.05) is 18.1 Å². The number of oxime groups is 1. The van der Waals surface area contributed by atoms with Crippen LogP contribution in [0, 0.1) is 5.92 Å². The molecule has 18 heavy (non-hydrogen) atoms. The van der Waals surface area contributed by atoms with Crippen LogP contribution in [0.3, 0.4) is 0 Å². The highest BCUT2D eigenvalue weighted by molar-refractivity contribution is 6.32. The Morgan fingerprint density at radius 2 is 2.44 bits per heavy atom. The second-order valence-corrected chi connectivity index (χ2v) is 4.58. The van der Waals surface area contributed by atoms with E-state index in [9.17, 15) is 0 Å². The van der Waals surface area contributed by atoms with Gasteiger partial charge in [-0.3, -0.25) is 0 Å². The molecular formula is C12H15ClN2O3. The molecule has 0 aromatic heterocycles. The molecule has 0 bridgehead atoms. The molecule has 1 atom stereocenters. The average Bonchev–Trinajstić information content (AvgIpc) is 2.89. The molecule has 6 heteroatoms. The Morgan fingerprint density at radius 3 is 3.06 bits per heavy atom. The van der Waals surface area contributed by atoms with Crippen LogP contribution in [0.4, 0.5) is 0 Å². The van der Waals surface area contributed by atoms with Crippen molar-refractivity contribution in [3.8, 4) is 5.75 Å². The highest BCUT2D eigenvalue weighted by Gasteiger charge is 2.17. The third kappa shape index (κ3) is 3.05. The van der Waals surface area contributed by atoms with Crippen molar-refractivity contribution in [2.45, 2.75) is 6.42 Å². The third-order valence-electron chi connectivity index (χ3n) is 2.83. The van der Waals surface area contributed by atoms with E-state index in [4.69, 9.17) is 32.0 Å². The van der Waals surface area contributed by atoms with Gasteiger partial charge in [-0.2, -0.15) is 0 Å². The van der Waals surface area contributed by atoms with Crippen LogP contribution >= 0.6 is 11.6 Å². The molecule has 0 spiro atoms. The number of benzene rings is 1. The van der Waals surface area contributed by atoms with Crippen LogP contribution in [-0.4, -0.2) is 30.9 Å². The van der Waals surface area contributed by atoms with Crippen LogP contribution in [0.1, 0.15) is 12.0 Å². The molecule has 3 N–H and O–H groups in total. The van der Waals surface area contributed by atoms with Crippen LogP contribution in [0.25, 0.3) is 0 Å². The Bertz CT molecular complexity index is 445. The fourth-order valence-electron chi connectivity index (χ4n) is 1.76. The van der Waals surface area contributed by atoms with Gasteiger partial charge >= 0.3 is 0 Å². The Kier molecular flexibility index (Phi) is 4.28. The molecule has 1 unspecified atom stereocenters. The van der Waals surface area contributed by atoms with Gasteiger partial charge in [-0.25, -0.2) is 0 Å². The van der Waals surface area contributed by atoms with Crippen molar-refractivity contribution in [3.05, 3.63) is 28.8 Å². The summed E-state index contributed by atoms with van der Waals surface area (Å²) in [5, 5.41) is 11.9. The molecule has 1 saturated heterocycles. The predicted molar refractivity (Wildman–Crippen MR) is 68.4 cm³/mol. The fraction of sp³-hybridized carbons (Fsp3) is 0.417. The zero-order valence-corrected chi connectivity index (χ0v) is 10.6. The lowest BCUT2D eigenvalue weighted by Crippen LogP contribution is -2.14. The van der Waals surface area contributed by atoms with Crippen LogP contribution in [0.15, 0.2) is 23.4 Å². The van der Waals surface area contributed by atoms with E-state index >= 15 is 0 Å². The summed E-state index contributed by atoms with van der Waals surface area (Å²) in [4.78, 5) is 0. The number of hydrogen-bond donors (Lipinski definition) is 2. The first-order chi connectivity index (χ1) is 8.70. The Hall–Kier alpha value is -1.46. The summed E-state index contributed by atoms with van der Waals surface area (Å²) in [6, 6.07) is 5.02. The average molecular weight is 271 g/mol. The van der Waals surface area contributed by atoms with Crippen LogP contribution in [0.2, 0.25) is 5.02 Å². The normalized spacial score (nSPS) is 20.1. The van der Waals surface area contributed by atoms with Gasteiger partial charge < -0.3 is 20.4 Å². The summed E-state index contributed by atoms with van der Waals surface area (Å²) in [6.45, 7) is 2.12. The Balaban J connectivity index is 2.00. The molecule has 0 amide bonds. The minimum absolute atomic E-state index is 0.0210. The SMILES string of the molecule is NC(=NO)c1ccc(OCC2CCOC2)c(Cl)c1. The lowest BCUT2D eigenvalue weighted by molar-refractivity contribution is 0.167. The van der Waals surface area contributed by atoms with Gasteiger partial charge in [0.25, 0.3) is 0 Å². The summed E-state index contributed by atoms with van der Waals surface area (Å²) in [7, 11) is 0. The smallest absolute Gasteiger partial charge is 0.170 e. The highest BCUT2D eigenvalue weighted by Crippen LogP contribution is 2.26. The minimum Gasteiger partial charge on any atom is -0.492 e. The second kappa shape index (κ2) is 5.93. The summed E-state index contributed by atoms with van der Waals surface area (Å²) in [5.41, 5.74) is 6.03. The van der Waals surface area contributed by atoms with E-state index in [0.717, 1.165) is 19.6 Å². The van der Waals surface area contributed by atoms with Crippen molar-refractivity contribution in [1.82, 2.24) is 0 Å². The lowest BCUT2D eigenvalue weighted by Gasteiger charge is -2.12. The molecule has 2 rings (SSSR count). The Labute approximate surface area is 110 Å². The van der Waals surface area contributed by atoms with Crippen LogP contribution < -0.4 is 10.5 Å². The standard InChI is InChI=1S/C12H15ClN2O3/c13-10-5-9(12(14)15-16)1-2-11(10)18-7-8-3-4-17-6-8/h1-2,5,8,16H,3-4,6-7H2,(H2,14,15).